The Balaban J connectivity index is 0.000000139. The van der Waals surface area contributed by atoms with Gasteiger partial charge in [-0.15, -0.1) is 12.4 Å². The fourth-order valence-corrected chi connectivity index (χ4v) is 13.1. The van der Waals surface area contributed by atoms with Gasteiger partial charge in [0.05, 0.1) is 84.0 Å². The normalized spacial score (nSPS) is 14.4. The molecule has 4 saturated heterocycles. The van der Waals surface area contributed by atoms with Crippen LogP contribution in [0.2, 0.25) is 5.15 Å². The molecule has 1 N–H and O–H groups in total. The quantitative estimate of drug-likeness (QED) is 0.110. The summed E-state index contributed by atoms with van der Waals surface area (Å²) in [5, 5.41) is 3.74. The summed E-state index contributed by atoms with van der Waals surface area (Å²) in [7, 11) is 0.854. The van der Waals surface area contributed by atoms with Crippen molar-refractivity contribution in [2.75, 3.05) is 52.4 Å². The van der Waals surface area contributed by atoms with Gasteiger partial charge in [-0.05, 0) is 150 Å². The maximum atomic E-state index is 12.3. The number of nitrogens with zero attached hydrogens (tertiary/aromatic N) is 11. The van der Waals surface area contributed by atoms with Crippen molar-refractivity contribution in [1.29, 1.82) is 0 Å². The third-order valence-corrected chi connectivity index (χ3v) is 18.6. The minimum atomic E-state index is -0.488. The summed E-state index contributed by atoms with van der Waals surface area (Å²) in [6, 6.07) is 64.2. The molecule has 16 rings (SSSR count). The van der Waals surface area contributed by atoms with Crippen molar-refractivity contribution in [2.24, 2.45) is 0 Å². The van der Waals surface area contributed by atoms with Crippen molar-refractivity contribution in [2.45, 2.75) is 130 Å². The Kier molecular flexibility index (Phi) is 25.0. The zero-order valence-corrected chi connectivity index (χ0v) is 65.7. The van der Waals surface area contributed by atoms with E-state index in [4.69, 9.17) is 55.7 Å². The van der Waals surface area contributed by atoms with E-state index in [0.29, 0.717) is 50.3 Å². The van der Waals surface area contributed by atoms with E-state index < -0.39 is 16.8 Å². The molecule has 4 aliphatic rings. The van der Waals surface area contributed by atoms with Crippen LogP contribution in [0, 0.1) is 27.7 Å². The Labute approximate surface area is 649 Å². The first-order valence-corrected chi connectivity index (χ1v) is 37.0. The van der Waals surface area contributed by atoms with Gasteiger partial charge in [-0.1, -0.05) is 131 Å². The summed E-state index contributed by atoms with van der Waals surface area (Å²) in [6.07, 6.45) is -0.835. The Morgan fingerprint density at radius 1 is 0.367 bits per heavy atom. The number of carbonyl (C=O) groups excluding carboxylic acids is 3. The second-order valence-corrected chi connectivity index (χ2v) is 31.3. The first-order chi connectivity index (χ1) is 51.6. The molecular formula is C87H93BCl2N12O7. The fraction of sp³-hybridized carbons (Fsp3) is 0.322. The average molecular weight is 1500 g/mol. The molecule has 0 atom stereocenters. The standard InChI is InChI=1S/2C23H25N3O2.C18H17N3.C16H18ClN3O2.C7H7BO.ClH/c2*1-15-8-7-9-16(12-15)20-21(25-19-11-6-5-10-18(19)24-20)17-13-26(14-17)22(27)28-23(2,3)4;1-12-5-4-6-13(9-12)17-18(14-10-19-11-14)21-16-8-3-2-7-15(16)20-17;1-16(2,3)22-15(21)20-8-10(9-20)13-14(17)19-12-7-5-4-6-11(12)18-13;1-6-3-2-4-7(5-6)8-9;/h2*5-12,17H,13-14H2,1-4H3;2-9,14,19H,10-11H2,1H3;4-7,10H,8-9H2,1-3H3;2-5H,1H3;1H. The van der Waals surface area contributed by atoms with Crippen molar-refractivity contribution in [3.05, 3.63) is 244 Å². The number of halogens is 2. The van der Waals surface area contributed by atoms with E-state index in [1.54, 1.807) is 20.8 Å². The van der Waals surface area contributed by atoms with E-state index in [1.807, 2.05) is 197 Å². The number of benzene rings is 8. The molecule has 4 fully saturated rings. The van der Waals surface area contributed by atoms with Gasteiger partial charge < -0.3 is 34.2 Å². The summed E-state index contributed by atoms with van der Waals surface area (Å²) >= 11 is 6.24. The molecule has 8 aromatic carbocycles. The monoisotopic (exact) mass is 1500 g/mol. The molecule has 0 saturated carbocycles. The number of nitrogens with one attached hydrogen (secondary N) is 1. The van der Waals surface area contributed by atoms with E-state index in [1.165, 1.54) is 16.7 Å². The van der Waals surface area contributed by atoms with Crippen LogP contribution in [0.15, 0.2) is 194 Å². The van der Waals surface area contributed by atoms with Gasteiger partial charge in [0, 0.05) is 92.7 Å². The van der Waals surface area contributed by atoms with Gasteiger partial charge in [0.2, 0.25) is 0 Å². The summed E-state index contributed by atoms with van der Waals surface area (Å²) in [5.74, 6) is 0.884. The van der Waals surface area contributed by atoms with Crippen LogP contribution in [0.5, 0.6) is 0 Å². The predicted molar refractivity (Wildman–Crippen MR) is 435 cm³/mol. The average Bonchev–Trinajstić information content (AvgIpc) is 0.780. The Morgan fingerprint density at radius 2 is 0.633 bits per heavy atom. The van der Waals surface area contributed by atoms with Gasteiger partial charge in [0.25, 0.3) is 0 Å². The van der Waals surface area contributed by atoms with Crippen LogP contribution in [-0.2, 0) is 18.9 Å². The zero-order chi connectivity index (χ0) is 76.6. The maximum absolute atomic E-state index is 12.3. The molecule has 109 heavy (non-hydrogen) atoms. The van der Waals surface area contributed by atoms with E-state index >= 15 is 0 Å². The predicted octanol–water partition coefficient (Wildman–Crippen LogP) is 17.9. The minimum Gasteiger partial charge on any atom is -0.147 e. The molecule has 0 radical (unpaired) electrons. The largest absolute Gasteiger partial charge is 0.147 e. The molecule has 560 valence electrons. The smallest absolute Gasteiger partial charge is 0.147 e. The van der Waals surface area contributed by atoms with Gasteiger partial charge >= 0.3 is 72.3 Å². The van der Waals surface area contributed by atoms with E-state index in [0.717, 1.165) is 132 Å². The number of carbonyl (C=O) groups is 3. The van der Waals surface area contributed by atoms with Crippen LogP contribution in [0.3, 0.4) is 0 Å². The SMILES string of the molecule is CC(C)(C)OC(=O)N1CC(c2nc3ccccc3nc2Cl)C1.Cc1cccc(-c2nc3ccccc3nc2C2CN(C(=O)OC(C)(C)C)C2)c1.Cc1cccc(-c2nc3ccccc3nc2C2CN(C(=O)OC(C)(C)C)C2)c1.Cc1cccc(-c2nc3ccccc3nc2C2CNC2)c1.Cc1cccc(B=O)c1.Cl. The van der Waals surface area contributed by atoms with Crippen molar-refractivity contribution in [3.8, 4) is 33.8 Å². The Morgan fingerprint density at radius 3 is 0.899 bits per heavy atom. The number of likely N-dealkylation sites (tertiary alicyclic amines) is 3. The maximum Gasteiger partial charge on any atom is -0.147 e. The summed E-state index contributed by atoms with van der Waals surface area (Å²) in [6.45, 7) is 30.6. The Bertz CT molecular complexity index is 5110. The third-order valence-electron chi connectivity index (χ3n) is 18.3. The number of hydrogen-bond acceptors (Lipinski definition) is 16. The first kappa shape index (κ1) is 79.4. The second-order valence-electron chi connectivity index (χ2n) is 31.0. The number of aryl methyl sites for hydroxylation is 4. The zero-order valence-electron chi connectivity index (χ0n) is 64.1. The molecule has 0 unspecified atom stereocenters. The molecule has 8 heterocycles. The number of fused-ring (bicyclic) bond motifs is 4. The second kappa shape index (κ2) is 34.3. The van der Waals surface area contributed by atoms with Crippen LogP contribution in [0.1, 0.15) is 131 Å². The van der Waals surface area contributed by atoms with Gasteiger partial charge in [0.1, 0.15) is 16.8 Å². The van der Waals surface area contributed by atoms with Gasteiger partial charge in [-0.3, -0.25) is 0 Å². The molecule has 22 heteroatoms. The molecule has 3 amide bonds. The molecule has 0 aliphatic carbocycles. The van der Waals surface area contributed by atoms with Crippen LogP contribution in [0.25, 0.3) is 77.9 Å². The number of ether oxygens (including phenoxy) is 3. The van der Waals surface area contributed by atoms with E-state index in [-0.39, 0.29) is 48.4 Å². The summed E-state index contributed by atoms with van der Waals surface area (Å²) in [5.41, 5.74) is 21.0. The van der Waals surface area contributed by atoms with Crippen LogP contribution >= 0.6 is 24.0 Å². The molecular weight excluding hydrogens is 1410 g/mol. The van der Waals surface area contributed by atoms with Crippen LogP contribution < -0.4 is 10.8 Å². The third kappa shape index (κ3) is 20.4. The van der Waals surface area contributed by atoms with Crippen molar-refractivity contribution < 1.29 is 33.3 Å². The van der Waals surface area contributed by atoms with Crippen LogP contribution in [-0.4, -0.2) is 149 Å². The molecule has 0 spiro atoms. The number of aromatic nitrogens is 8. The Hall–Kier alpha value is -10.7. The van der Waals surface area contributed by atoms with Gasteiger partial charge in [-0.25, -0.2) is 54.3 Å². The number of para-hydroxylation sites is 8. The van der Waals surface area contributed by atoms with E-state index in [2.05, 4.69) is 96.7 Å². The van der Waals surface area contributed by atoms with Crippen molar-refractivity contribution in [3.63, 3.8) is 0 Å². The molecule has 4 aliphatic heterocycles. The van der Waals surface area contributed by atoms with Crippen molar-refractivity contribution >= 4 is 99.0 Å². The van der Waals surface area contributed by atoms with Crippen molar-refractivity contribution in [1.82, 2.24) is 59.9 Å². The number of rotatable bonds is 8. The topological polar surface area (TPSA) is 221 Å². The number of hydrogen-bond donors (Lipinski definition) is 1. The number of amides is 3. The molecule has 19 nitrogen and oxygen atoms in total. The van der Waals surface area contributed by atoms with Gasteiger partial charge in [0.15, 0.2) is 5.15 Å². The molecule has 12 aromatic rings. The molecule has 4 aromatic heterocycles. The fourth-order valence-electron chi connectivity index (χ4n) is 12.8. The summed E-state index contributed by atoms with van der Waals surface area (Å²) in [4.78, 5) is 80.1. The van der Waals surface area contributed by atoms with E-state index in [9.17, 15) is 19.1 Å². The van der Waals surface area contributed by atoms with Crippen LogP contribution in [0.4, 0.5) is 14.4 Å². The molecule has 0 bridgehead atoms. The summed E-state index contributed by atoms with van der Waals surface area (Å²) < 4.78 is 26.5. The van der Waals surface area contributed by atoms with Gasteiger partial charge in [-0.2, -0.15) is 0 Å². The first-order valence-electron chi connectivity index (χ1n) is 36.7. The minimum absolute atomic E-state index is 0.